The van der Waals surface area contributed by atoms with Gasteiger partial charge in [0, 0.05) is 44.8 Å². The molecule has 6 heterocycles. The number of H-pyrrole nitrogens is 2. The topological polar surface area (TPSA) is 140 Å². The van der Waals surface area contributed by atoms with Gasteiger partial charge < -0.3 is 28.9 Å². The number of para-hydroxylation sites is 1. The van der Waals surface area contributed by atoms with Crippen LogP contribution in [0.25, 0.3) is 44.8 Å². The number of hydrogen-bond donors (Lipinski definition) is 2. The molecular formula is C43H49N9O4. The van der Waals surface area contributed by atoms with E-state index >= 15 is 0 Å². The standard InChI is InChI=1S/C43H49N9O4/c1-43(2,3)56-42(54)52-20-10-16-34(52)39-46-31-14-8-13-29(36(31)48-39)40-44-26-35(55-40)28-17-18-30-32(25-28)47-38(45-30)33-15-9-19-51(33)41(53)37(27-11-6-5-7-12-27)50-23-21-49(4)22-24-50/h5-8,11-14,17-18,25-26,33-34,37H,9-10,15-16,19-24H2,1-4H3,(H,45,47)(H,46,48)/t33-,34+,37+/m0/s1. The molecule has 56 heavy (non-hydrogen) atoms. The van der Waals surface area contributed by atoms with Crippen molar-refractivity contribution in [3.63, 3.8) is 0 Å². The Morgan fingerprint density at radius 3 is 2.30 bits per heavy atom. The van der Waals surface area contributed by atoms with Crippen molar-refractivity contribution in [3.05, 3.63) is 90.1 Å². The van der Waals surface area contributed by atoms with Gasteiger partial charge in [0.2, 0.25) is 11.8 Å². The molecule has 2 amide bonds. The number of carbonyl (C=O) groups excluding carboxylic acids is 2. The zero-order valence-electron chi connectivity index (χ0n) is 32.5. The molecule has 3 aliphatic rings. The molecule has 2 N–H and O–H groups in total. The largest absolute Gasteiger partial charge is 0.444 e. The van der Waals surface area contributed by atoms with Crippen molar-refractivity contribution in [2.24, 2.45) is 0 Å². The van der Waals surface area contributed by atoms with Gasteiger partial charge in [0.05, 0.1) is 40.4 Å². The number of amides is 2. The summed E-state index contributed by atoms with van der Waals surface area (Å²) in [6.45, 7) is 10.5. The number of ether oxygens (including phenoxy) is 1. The molecule has 3 aliphatic heterocycles. The Morgan fingerprint density at radius 2 is 1.54 bits per heavy atom. The highest BCUT2D eigenvalue weighted by atomic mass is 16.6. The Kier molecular flexibility index (Phi) is 9.37. The first-order valence-corrected chi connectivity index (χ1v) is 19.8. The van der Waals surface area contributed by atoms with E-state index in [2.05, 4.69) is 43.9 Å². The highest BCUT2D eigenvalue weighted by Crippen LogP contribution is 2.38. The number of nitrogens with zero attached hydrogens (tertiary/aromatic N) is 7. The summed E-state index contributed by atoms with van der Waals surface area (Å²) in [5.74, 6) is 2.74. The Labute approximate surface area is 326 Å². The molecule has 6 aromatic rings. The number of imidazole rings is 2. The van der Waals surface area contributed by atoms with E-state index in [0.29, 0.717) is 24.7 Å². The maximum Gasteiger partial charge on any atom is 0.410 e. The van der Waals surface area contributed by atoms with E-state index in [-0.39, 0.29) is 30.1 Å². The number of oxazole rings is 1. The van der Waals surface area contributed by atoms with Crippen LogP contribution in [0.4, 0.5) is 4.79 Å². The minimum atomic E-state index is -0.576. The van der Waals surface area contributed by atoms with Crippen molar-refractivity contribution in [2.45, 2.75) is 70.2 Å². The molecule has 290 valence electrons. The number of benzene rings is 3. The molecule has 13 heteroatoms. The van der Waals surface area contributed by atoms with E-state index in [9.17, 15) is 9.59 Å². The number of hydrogen-bond acceptors (Lipinski definition) is 9. The van der Waals surface area contributed by atoms with Gasteiger partial charge in [0.15, 0.2) is 5.76 Å². The number of nitrogens with one attached hydrogen (secondary N) is 2. The smallest absolute Gasteiger partial charge is 0.410 e. The van der Waals surface area contributed by atoms with Gasteiger partial charge in [0.1, 0.15) is 28.8 Å². The summed E-state index contributed by atoms with van der Waals surface area (Å²) >= 11 is 0. The van der Waals surface area contributed by atoms with Crippen molar-refractivity contribution < 1.29 is 18.7 Å². The fourth-order valence-electron chi connectivity index (χ4n) is 8.54. The third-order valence-electron chi connectivity index (χ3n) is 11.4. The van der Waals surface area contributed by atoms with Gasteiger partial charge in [-0.25, -0.2) is 19.7 Å². The monoisotopic (exact) mass is 755 g/mol. The second-order valence-corrected chi connectivity index (χ2v) is 16.4. The maximum absolute atomic E-state index is 14.5. The van der Waals surface area contributed by atoms with E-state index in [4.69, 9.17) is 19.1 Å². The predicted octanol–water partition coefficient (Wildman–Crippen LogP) is 7.49. The van der Waals surface area contributed by atoms with Gasteiger partial charge in [-0.1, -0.05) is 36.4 Å². The first kappa shape index (κ1) is 36.1. The lowest BCUT2D eigenvalue weighted by molar-refractivity contribution is -0.139. The van der Waals surface area contributed by atoms with Crippen molar-refractivity contribution in [1.29, 1.82) is 0 Å². The molecule has 0 radical (unpaired) electrons. The maximum atomic E-state index is 14.5. The second-order valence-electron chi connectivity index (χ2n) is 16.4. The average Bonchev–Trinajstić information content (AvgIpc) is 4.03. The zero-order chi connectivity index (χ0) is 38.6. The molecule has 3 saturated heterocycles. The Bertz CT molecular complexity index is 2370. The van der Waals surface area contributed by atoms with Crippen LogP contribution in [0.5, 0.6) is 0 Å². The lowest BCUT2D eigenvalue weighted by Crippen LogP contribution is -2.50. The van der Waals surface area contributed by atoms with Gasteiger partial charge >= 0.3 is 6.09 Å². The van der Waals surface area contributed by atoms with Crippen molar-refractivity contribution in [3.8, 4) is 22.8 Å². The number of piperazine rings is 1. The van der Waals surface area contributed by atoms with Crippen LogP contribution in [-0.4, -0.2) is 108 Å². The van der Waals surface area contributed by atoms with Gasteiger partial charge in [-0.3, -0.25) is 14.6 Å². The SMILES string of the molecule is CN1CCN([C@@H](C(=O)N2CCC[C@H]2c2nc3ccc(-c4cnc(-c5cccc6[nH]c([C@H]7CCCN7C(=O)OC(C)(C)C)nc56)o4)cc3[nH]2)c2ccccc2)CC1. The fraction of sp³-hybridized carbons (Fsp3) is 0.419. The van der Waals surface area contributed by atoms with E-state index in [1.54, 1.807) is 11.1 Å². The zero-order valence-corrected chi connectivity index (χ0v) is 32.5. The van der Waals surface area contributed by atoms with Crippen molar-refractivity contribution in [1.82, 2.24) is 44.5 Å². The van der Waals surface area contributed by atoms with Gasteiger partial charge in [-0.05, 0) is 89.4 Å². The Balaban J connectivity index is 0.957. The summed E-state index contributed by atoms with van der Waals surface area (Å²) in [5.41, 5.74) is 5.37. The number of aromatic nitrogens is 5. The summed E-state index contributed by atoms with van der Waals surface area (Å²) in [6, 6.07) is 21.4. The number of aromatic amines is 2. The third-order valence-corrected chi connectivity index (χ3v) is 11.4. The highest BCUT2D eigenvalue weighted by Gasteiger charge is 2.40. The summed E-state index contributed by atoms with van der Waals surface area (Å²) in [6.07, 6.45) is 4.87. The summed E-state index contributed by atoms with van der Waals surface area (Å²) < 4.78 is 12.1. The van der Waals surface area contributed by atoms with Crippen LogP contribution >= 0.6 is 0 Å². The molecule has 0 unspecified atom stereocenters. The first-order chi connectivity index (χ1) is 27.1. The molecule has 0 saturated carbocycles. The number of likely N-dealkylation sites (N-methyl/N-ethyl adjacent to an activating group) is 1. The molecular weight excluding hydrogens is 707 g/mol. The minimum Gasteiger partial charge on any atom is -0.444 e. The van der Waals surface area contributed by atoms with Gasteiger partial charge in [0.25, 0.3) is 0 Å². The lowest BCUT2D eigenvalue weighted by atomic mass is 10.0. The van der Waals surface area contributed by atoms with Crippen molar-refractivity contribution in [2.75, 3.05) is 46.3 Å². The van der Waals surface area contributed by atoms with E-state index in [1.165, 1.54) is 0 Å². The summed E-state index contributed by atoms with van der Waals surface area (Å²) in [4.78, 5) is 57.7. The predicted molar refractivity (Wildman–Crippen MR) is 214 cm³/mol. The second kappa shape index (κ2) is 14.5. The Hall–Kier alpha value is -5.53. The quantitative estimate of drug-likeness (QED) is 0.170. The summed E-state index contributed by atoms with van der Waals surface area (Å²) in [5, 5.41) is 0. The number of rotatable bonds is 7. The Morgan fingerprint density at radius 1 is 0.821 bits per heavy atom. The van der Waals surface area contributed by atoms with E-state index < -0.39 is 5.60 Å². The van der Waals surface area contributed by atoms with Crippen LogP contribution in [0.3, 0.4) is 0 Å². The molecule has 3 aromatic carbocycles. The number of fused-ring (bicyclic) bond motifs is 2. The minimum absolute atomic E-state index is 0.131. The summed E-state index contributed by atoms with van der Waals surface area (Å²) in [7, 11) is 2.14. The van der Waals surface area contributed by atoms with Gasteiger partial charge in [-0.15, -0.1) is 0 Å². The van der Waals surface area contributed by atoms with Crippen molar-refractivity contribution >= 4 is 34.1 Å². The molecule has 13 nitrogen and oxygen atoms in total. The van der Waals surface area contributed by atoms with E-state index in [0.717, 1.165) is 102 Å². The molecule has 0 bridgehead atoms. The molecule has 9 rings (SSSR count). The van der Waals surface area contributed by atoms with Crippen LogP contribution in [0.1, 0.15) is 81.8 Å². The molecule has 0 spiro atoms. The fourth-order valence-corrected chi connectivity index (χ4v) is 8.54. The third kappa shape index (κ3) is 6.94. The first-order valence-electron chi connectivity index (χ1n) is 19.8. The average molecular weight is 756 g/mol. The van der Waals surface area contributed by atoms with Crippen LogP contribution in [0, 0.1) is 0 Å². The normalized spacial score (nSPS) is 20.4. The van der Waals surface area contributed by atoms with Gasteiger partial charge in [-0.2, -0.15) is 0 Å². The van der Waals surface area contributed by atoms with Crippen LogP contribution in [0.2, 0.25) is 0 Å². The van der Waals surface area contributed by atoms with Crippen LogP contribution < -0.4 is 0 Å². The number of carbonyl (C=O) groups is 2. The number of likely N-dealkylation sites (tertiary alicyclic amines) is 2. The molecule has 0 aliphatic carbocycles. The van der Waals surface area contributed by atoms with Crippen LogP contribution in [0.15, 0.2) is 77.3 Å². The molecule has 3 fully saturated rings. The molecule has 3 aromatic heterocycles. The van der Waals surface area contributed by atoms with Crippen LogP contribution in [-0.2, 0) is 9.53 Å². The van der Waals surface area contributed by atoms with E-state index in [1.807, 2.05) is 80.3 Å². The molecule has 3 atom stereocenters. The highest BCUT2D eigenvalue weighted by molar-refractivity contribution is 5.90. The lowest BCUT2D eigenvalue weighted by Gasteiger charge is -2.39.